The van der Waals surface area contributed by atoms with Crippen LogP contribution in [0.2, 0.25) is 0 Å². The number of pyridine rings is 1. The third-order valence-corrected chi connectivity index (χ3v) is 11.1. The lowest BCUT2D eigenvalue weighted by Gasteiger charge is -2.14. The van der Waals surface area contributed by atoms with E-state index in [1.54, 1.807) is 0 Å². The molecule has 2 aromatic heterocycles. The molecule has 0 radical (unpaired) electrons. The average Bonchev–Trinajstić information content (AvgIpc) is 3.31. The molecule has 0 N–H and O–H groups in total. The fourth-order valence-electron chi connectivity index (χ4n) is 8.09. The van der Waals surface area contributed by atoms with Gasteiger partial charge in [-0.3, -0.25) is 0 Å². The molecule has 9 aromatic carbocycles. The maximum atomic E-state index is 5.16. The van der Waals surface area contributed by atoms with Gasteiger partial charge in [-0.05, 0) is 84.9 Å². The molecule has 11 rings (SSSR count). The molecule has 0 bridgehead atoms. The number of benzene rings is 9. The second-order valence-corrected chi connectivity index (χ2v) is 14.7. The van der Waals surface area contributed by atoms with Crippen LogP contribution in [0.3, 0.4) is 0 Å². The molecule has 4 heteroatoms. The topological polar surface area (TPSA) is 51.6 Å². The van der Waals surface area contributed by atoms with Gasteiger partial charge in [0.15, 0.2) is 17.5 Å². The first-order chi connectivity index (χ1) is 28.7. The molecule has 0 amide bonds. The number of fused-ring (bicyclic) bond motifs is 5. The molecule has 11 aromatic rings. The quantitative estimate of drug-likeness (QED) is 0.159. The van der Waals surface area contributed by atoms with Crippen molar-refractivity contribution in [3.8, 4) is 67.7 Å². The SMILES string of the molecule is c1ccc(-c2cc(-c3cccc(-c4ccc(-c5nc(-c6ccc7ccccc7c6)nc(-c6ccc7ccccc7c6)n5)cc4)c3)c3c(ccc4ccccc43)n2)cc1. The molecule has 58 heavy (non-hydrogen) atoms. The van der Waals surface area contributed by atoms with Gasteiger partial charge in [0.1, 0.15) is 0 Å². The van der Waals surface area contributed by atoms with Crippen molar-refractivity contribution < 1.29 is 0 Å². The van der Waals surface area contributed by atoms with Crippen molar-refractivity contribution in [3.05, 3.63) is 206 Å². The van der Waals surface area contributed by atoms with Crippen LogP contribution in [0.25, 0.3) is 111 Å². The fraction of sp³-hybridized carbons (Fsp3) is 0. The minimum Gasteiger partial charge on any atom is -0.248 e. The Morgan fingerprint density at radius 2 is 0.759 bits per heavy atom. The van der Waals surface area contributed by atoms with E-state index in [1.165, 1.54) is 21.5 Å². The van der Waals surface area contributed by atoms with Gasteiger partial charge in [-0.1, -0.05) is 176 Å². The van der Waals surface area contributed by atoms with Crippen LogP contribution in [-0.4, -0.2) is 19.9 Å². The van der Waals surface area contributed by atoms with Gasteiger partial charge in [0, 0.05) is 27.6 Å². The molecule has 270 valence electrons. The first-order valence-electron chi connectivity index (χ1n) is 19.5. The number of hydrogen-bond acceptors (Lipinski definition) is 4. The zero-order valence-electron chi connectivity index (χ0n) is 31.4. The van der Waals surface area contributed by atoms with Gasteiger partial charge < -0.3 is 0 Å². The highest BCUT2D eigenvalue weighted by atomic mass is 15.0. The number of nitrogens with zero attached hydrogens (tertiary/aromatic N) is 4. The van der Waals surface area contributed by atoms with E-state index in [1.807, 2.05) is 6.07 Å². The molecule has 0 saturated carbocycles. The highest BCUT2D eigenvalue weighted by Crippen LogP contribution is 2.38. The predicted octanol–water partition coefficient (Wildman–Crippen LogP) is 13.9. The molecule has 0 spiro atoms. The zero-order chi connectivity index (χ0) is 38.4. The summed E-state index contributed by atoms with van der Waals surface area (Å²) in [5, 5.41) is 8.19. The Labute approximate surface area is 335 Å². The molecule has 0 aliphatic rings. The number of hydrogen-bond donors (Lipinski definition) is 0. The summed E-state index contributed by atoms with van der Waals surface area (Å²) < 4.78 is 0. The fourth-order valence-corrected chi connectivity index (χ4v) is 8.09. The van der Waals surface area contributed by atoms with Crippen LogP contribution in [0.5, 0.6) is 0 Å². The van der Waals surface area contributed by atoms with Crippen LogP contribution in [-0.2, 0) is 0 Å². The van der Waals surface area contributed by atoms with Gasteiger partial charge in [-0.15, -0.1) is 0 Å². The Hall–Kier alpha value is -7.82. The predicted molar refractivity (Wildman–Crippen MR) is 240 cm³/mol. The molecular formula is C54H34N4. The van der Waals surface area contributed by atoms with Crippen molar-refractivity contribution in [2.45, 2.75) is 0 Å². The third kappa shape index (κ3) is 6.14. The number of rotatable bonds is 6. The Kier molecular flexibility index (Phi) is 8.11. The van der Waals surface area contributed by atoms with E-state index in [2.05, 4.69) is 200 Å². The van der Waals surface area contributed by atoms with E-state index < -0.39 is 0 Å². The van der Waals surface area contributed by atoms with Crippen LogP contribution in [0.4, 0.5) is 0 Å². The van der Waals surface area contributed by atoms with Crippen LogP contribution in [0, 0.1) is 0 Å². The molecule has 4 nitrogen and oxygen atoms in total. The monoisotopic (exact) mass is 738 g/mol. The molecule has 0 unspecified atom stereocenters. The van der Waals surface area contributed by atoms with E-state index in [9.17, 15) is 0 Å². The van der Waals surface area contributed by atoms with Gasteiger partial charge in [0.2, 0.25) is 0 Å². The Bertz CT molecular complexity index is 3240. The molecule has 0 aliphatic heterocycles. The van der Waals surface area contributed by atoms with Crippen LogP contribution in [0.15, 0.2) is 206 Å². The Morgan fingerprint density at radius 3 is 1.43 bits per heavy atom. The van der Waals surface area contributed by atoms with Crippen molar-refractivity contribution in [2.24, 2.45) is 0 Å². The standard InChI is InChI=1S/C54H34N4/c1-2-14-39(15-3-1)50-34-48(51-47-20-9-8-13-38(47)29-30-49(51)55-50)44-19-10-18-43(31-44)37-21-25-40(26-22-37)52-56-53(45-27-23-35-11-4-6-16-41(35)32-45)58-54(57-52)46-28-24-36-12-5-7-17-42(36)33-46/h1-34H. The van der Waals surface area contributed by atoms with Crippen molar-refractivity contribution in [2.75, 3.05) is 0 Å². The second-order valence-electron chi connectivity index (χ2n) is 14.7. The van der Waals surface area contributed by atoms with Gasteiger partial charge in [-0.25, -0.2) is 19.9 Å². The number of aromatic nitrogens is 4. The van der Waals surface area contributed by atoms with E-state index in [0.717, 1.165) is 71.9 Å². The first-order valence-corrected chi connectivity index (χ1v) is 19.5. The van der Waals surface area contributed by atoms with Crippen LogP contribution >= 0.6 is 0 Å². The molecule has 2 heterocycles. The van der Waals surface area contributed by atoms with Crippen molar-refractivity contribution in [3.63, 3.8) is 0 Å². The van der Waals surface area contributed by atoms with Gasteiger partial charge in [0.05, 0.1) is 11.2 Å². The van der Waals surface area contributed by atoms with E-state index >= 15 is 0 Å². The van der Waals surface area contributed by atoms with Gasteiger partial charge in [-0.2, -0.15) is 0 Å². The van der Waals surface area contributed by atoms with E-state index in [4.69, 9.17) is 19.9 Å². The zero-order valence-corrected chi connectivity index (χ0v) is 31.4. The lowest BCUT2D eigenvalue weighted by Crippen LogP contribution is -2.00. The Balaban J connectivity index is 1.01. The maximum absolute atomic E-state index is 5.16. The van der Waals surface area contributed by atoms with Gasteiger partial charge >= 0.3 is 0 Å². The van der Waals surface area contributed by atoms with Crippen LogP contribution < -0.4 is 0 Å². The lowest BCUT2D eigenvalue weighted by molar-refractivity contribution is 1.08. The molecule has 0 saturated heterocycles. The van der Waals surface area contributed by atoms with Gasteiger partial charge in [0.25, 0.3) is 0 Å². The largest absolute Gasteiger partial charge is 0.248 e. The maximum Gasteiger partial charge on any atom is 0.164 e. The van der Waals surface area contributed by atoms with Crippen molar-refractivity contribution in [1.29, 1.82) is 0 Å². The van der Waals surface area contributed by atoms with Crippen LogP contribution in [0.1, 0.15) is 0 Å². The van der Waals surface area contributed by atoms with Crippen molar-refractivity contribution >= 4 is 43.2 Å². The molecular weight excluding hydrogens is 705 g/mol. The lowest BCUT2D eigenvalue weighted by atomic mass is 9.92. The molecule has 0 fully saturated rings. The first kappa shape index (κ1) is 33.5. The highest BCUT2D eigenvalue weighted by Gasteiger charge is 2.16. The average molecular weight is 739 g/mol. The minimum absolute atomic E-state index is 0.630. The summed E-state index contributed by atoms with van der Waals surface area (Å²) in [7, 11) is 0. The minimum atomic E-state index is 0.630. The summed E-state index contributed by atoms with van der Waals surface area (Å²) in [4.78, 5) is 20.4. The summed E-state index contributed by atoms with van der Waals surface area (Å²) in [5.41, 5.74) is 10.4. The van der Waals surface area contributed by atoms with E-state index in [0.29, 0.717) is 17.5 Å². The normalized spacial score (nSPS) is 11.4. The summed E-state index contributed by atoms with van der Waals surface area (Å²) in [5.74, 6) is 1.91. The third-order valence-electron chi connectivity index (χ3n) is 11.1. The van der Waals surface area contributed by atoms with Crippen molar-refractivity contribution in [1.82, 2.24) is 19.9 Å². The smallest absolute Gasteiger partial charge is 0.164 e. The summed E-state index contributed by atoms with van der Waals surface area (Å²) in [6.07, 6.45) is 0. The summed E-state index contributed by atoms with van der Waals surface area (Å²) in [6, 6.07) is 72.5. The second kappa shape index (κ2) is 14.0. The molecule has 0 aliphatic carbocycles. The summed E-state index contributed by atoms with van der Waals surface area (Å²) in [6.45, 7) is 0. The Morgan fingerprint density at radius 1 is 0.259 bits per heavy atom. The highest BCUT2D eigenvalue weighted by molar-refractivity contribution is 6.14. The van der Waals surface area contributed by atoms with E-state index in [-0.39, 0.29) is 0 Å². The molecule has 0 atom stereocenters. The summed E-state index contributed by atoms with van der Waals surface area (Å²) >= 11 is 0.